The van der Waals surface area contributed by atoms with Crippen molar-refractivity contribution >= 4 is 17.7 Å². The molecule has 6 nitrogen and oxygen atoms in total. The van der Waals surface area contributed by atoms with E-state index in [1.54, 1.807) is 12.1 Å². The molecular weight excluding hydrogens is 512 g/mol. The van der Waals surface area contributed by atoms with E-state index in [4.69, 9.17) is 4.74 Å². The van der Waals surface area contributed by atoms with Gasteiger partial charge in [-0.1, -0.05) is 23.9 Å². The van der Waals surface area contributed by atoms with Crippen molar-refractivity contribution in [2.24, 2.45) is 0 Å². The SMILES string of the molecule is CNCc1cc(C(F)(F)F)cc(C(F)(F)F)c1.COc1ccccc1-c1nc(SC)ncc1C(=O)O. The van der Waals surface area contributed by atoms with Gasteiger partial charge in [-0.05, 0) is 49.2 Å². The Balaban J connectivity index is 0.000000255. The van der Waals surface area contributed by atoms with Crippen molar-refractivity contribution in [2.75, 3.05) is 20.4 Å². The summed E-state index contributed by atoms with van der Waals surface area (Å²) in [5.41, 5.74) is -1.59. The van der Waals surface area contributed by atoms with Gasteiger partial charge in [0.1, 0.15) is 11.3 Å². The summed E-state index contributed by atoms with van der Waals surface area (Å²) in [6.07, 6.45) is -6.42. The Hall–Kier alpha value is -3.32. The topological polar surface area (TPSA) is 84.3 Å². The fraction of sp³-hybridized carbons (Fsp3) is 0.261. The predicted molar refractivity (Wildman–Crippen MR) is 122 cm³/mol. The number of carboxylic acids is 1. The molecule has 0 unspecified atom stereocenters. The van der Waals surface area contributed by atoms with Crippen LogP contribution in [0.5, 0.6) is 5.75 Å². The first-order chi connectivity index (χ1) is 16.8. The highest BCUT2D eigenvalue weighted by Gasteiger charge is 2.36. The van der Waals surface area contributed by atoms with Crippen LogP contribution in [0.15, 0.2) is 53.8 Å². The summed E-state index contributed by atoms with van der Waals surface area (Å²) in [5, 5.41) is 12.3. The van der Waals surface area contributed by atoms with Crippen LogP contribution in [0.1, 0.15) is 27.0 Å². The van der Waals surface area contributed by atoms with Crippen LogP contribution >= 0.6 is 11.8 Å². The average molecular weight is 533 g/mol. The Morgan fingerprint density at radius 3 is 2.11 bits per heavy atom. The van der Waals surface area contributed by atoms with Crippen molar-refractivity contribution in [3.05, 3.63) is 70.9 Å². The van der Waals surface area contributed by atoms with Crippen LogP contribution in [0.2, 0.25) is 0 Å². The van der Waals surface area contributed by atoms with Gasteiger partial charge in [-0.3, -0.25) is 0 Å². The van der Waals surface area contributed by atoms with Gasteiger partial charge in [-0.25, -0.2) is 14.8 Å². The summed E-state index contributed by atoms with van der Waals surface area (Å²) in [6, 6.07) is 8.68. The summed E-state index contributed by atoms with van der Waals surface area (Å²) in [5.74, 6) is -0.482. The van der Waals surface area contributed by atoms with Gasteiger partial charge in [0.25, 0.3) is 0 Å². The molecule has 0 aliphatic heterocycles. The van der Waals surface area contributed by atoms with E-state index in [-0.39, 0.29) is 23.7 Å². The second-order valence-corrected chi connectivity index (χ2v) is 7.84. The van der Waals surface area contributed by atoms with Gasteiger partial charge >= 0.3 is 18.3 Å². The summed E-state index contributed by atoms with van der Waals surface area (Å²) < 4.78 is 79.6. The summed E-state index contributed by atoms with van der Waals surface area (Å²) in [6.45, 7) is -0.0625. The molecule has 194 valence electrons. The number of nitrogens with zero attached hydrogens (tertiary/aromatic N) is 2. The first-order valence-corrected chi connectivity index (χ1v) is 11.2. The van der Waals surface area contributed by atoms with Crippen LogP contribution in [-0.2, 0) is 18.9 Å². The number of thioether (sulfide) groups is 1. The van der Waals surface area contributed by atoms with Crippen LogP contribution in [0.25, 0.3) is 11.3 Å². The molecule has 1 heterocycles. The lowest BCUT2D eigenvalue weighted by atomic mass is 10.0. The number of hydrogen-bond acceptors (Lipinski definition) is 6. The molecule has 0 aliphatic rings. The monoisotopic (exact) mass is 533 g/mol. The number of carbonyl (C=O) groups is 1. The van der Waals surface area contributed by atoms with Crippen molar-refractivity contribution in [1.82, 2.24) is 15.3 Å². The zero-order valence-corrected chi connectivity index (χ0v) is 20.0. The maximum Gasteiger partial charge on any atom is 0.416 e. The molecule has 3 aromatic rings. The largest absolute Gasteiger partial charge is 0.496 e. The number of halogens is 6. The molecule has 2 aromatic carbocycles. The average Bonchev–Trinajstić information content (AvgIpc) is 2.83. The summed E-state index contributed by atoms with van der Waals surface area (Å²) in [4.78, 5) is 19.5. The minimum Gasteiger partial charge on any atom is -0.496 e. The fourth-order valence-corrected chi connectivity index (χ4v) is 3.33. The number of para-hydroxylation sites is 1. The standard InChI is InChI=1S/C13H12N2O3S.C10H9F6N/c1-18-10-6-4-3-5-8(10)11-9(12(16)17)7-14-13(15-11)19-2;1-17-5-6-2-7(9(11,12)13)4-8(3-6)10(14,15)16/h3-7H,1-2H3,(H,16,17);2-4,17H,5H2,1H3. The van der Waals surface area contributed by atoms with E-state index in [9.17, 15) is 36.2 Å². The molecule has 0 amide bonds. The molecule has 1 aromatic heterocycles. The van der Waals surface area contributed by atoms with Crippen LogP contribution in [0, 0.1) is 0 Å². The lowest BCUT2D eigenvalue weighted by molar-refractivity contribution is -0.143. The van der Waals surface area contributed by atoms with Gasteiger partial charge in [0, 0.05) is 18.3 Å². The zero-order valence-electron chi connectivity index (χ0n) is 19.2. The van der Waals surface area contributed by atoms with Gasteiger partial charge in [-0.2, -0.15) is 26.3 Å². The van der Waals surface area contributed by atoms with Gasteiger partial charge < -0.3 is 15.2 Å². The number of alkyl halides is 6. The number of ether oxygens (including phenoxy) is 1. The second-order valence-electron chi connectivity index (χ2n) is 7.07. The first kappa shape index (κ1) is 28.9. The van der Waals surface area contributed by atoms with Crippen molar-refractivity contribution < 1.29 is 41.0 Å². The van der Waals surface area contributed by atoms with Gasteiger partial charge in [0.15, 0.2) is 5.16 Å². The van der Waals surface area contributed by atoms with E-state index in [1.807, 2.05) is 18.4 Å². The third-order valence-electron chi connectivity index (χ3n) is 4.57. The molecule has 0 saturated heterocycles. The number of carboxylic acid groups (broad SMARTS) is 1. The van der Waals surface area contributed by atoms with Crippen LogP contribution < -0.4 is 10.1 Å². The maximum atomic E-state index is 12.4. The highest BCUT2D eigenvalue weighted by Crippen LogP contribution is 2.36. The summed E-state index contributed by atoms with van der Waals surface area (Å²) in [7, 11) is 2.98. The predicted octanol–water partition coefficient (Wildman–Crippen LogP) is 6.02. The van der Waals surface area contributed by atoms with Crippen molar-refractivity contribution in [3.8, 4) is 17.0 Å². The highest BCUT2D eigenvalue weighted by atomic mass is 32.2. The van der Waals surface area contributed by atoms with Gasteiger partial charge in [0.2, 0.25) is 0 Å². The molecule has 0 spiro atoms. The molecule has 3 rings (SSSR count). The van der Waals surface area contributed by atoms with E-state index in [2.05, 4.69) is 15.3 Å². The number of aromatic carboxylic acids is 1. The molecule has 0 saturated carbocycles. The fourth-order valence-electron chi connectivity index (χ4n) is 2.99. The van der Waals surface area contributed by atoms with E-state index in [0.717, 1.165) is 0 Å². The van der Waals surface area contributed by atoms with Crippen LogP contribution in [-0.4, -0.2) is 41.5 Å². The molecule has 0 aliphatic carbocycles. The van der Waals surface area contributed by atoms with Crippen molar-refractivity contribution in [1.29, 1.82) is 0 Å². The van der Waals surface area contributed by atoms with Crippen molar-refractivity contribution in [3.63, 3.8) is 0 Å². The molecule has 0 radical (unpaired) electrons. The van der Waals surface area contributed by atoms with Crippen LogP contribution in [0.3, 0.4) is 0 Å². The highest BCUT2D eigenvalue weighted by molar-refractivity contribution is 7.98. The van der Waals surface area contributed by atoms with Crippen LogP contribution in [0.4, 0.5) is 26.3 Å². The minimum absolute atomic E-state index is 0.0577. The smallest absolute Gasteiger partial charge is 0.416 e. The zero-order chi connectivity index (χ0) is 27.1. The Bertz CT molecular complexity index is 1170. The Labute approximate surface area is 206 Å². The lowest BCUT2D eigenvalue weighted by Crippen LogP contribution is -2.14. The molecule has 0 fully saturated rings. The van der Waals surface area contributed by atoms with E-state index < -0.39 is 29.4 Å². The van der Waals surface area contributed by atoms with E-state index in [1.165, 1.54) is 32.1 Å². The number of rotatable bonds is 6. The third kappa shape index (κ3) is 7.59. The van der Waals surface area contributed by atoms with E-state index >= 15 is 0 Å². The number of aromatic nitrogens is 2. The third-order valence-corrected chi connectivity index (χ3v) is 5.13. The first-order valence-electron chi connectivity index (χ1n) is 10.0. The lowest BCUT2D eigenvalue weighted by Gasteiger charge is -2.13. The number of nitrogens with one attached hydrogen (secondary N) is 1. The number of methoxy groups -OCH3 is 1. The molecule has 0 atom stereocenters. The number of hydrogen-bond donors (Lipinski definition) is 2. The molecule has 0 bridgehead atoms. The number of benzene rings is 2. The van der Waals surface area contributed by atoms with Gasteiger partial charge in [0.05, 0.1) is 23.9 Å². The molecular formula is C23H21F6N3O3S. The quantitative estimate of drug-likeness (QED) is 0.228. The minimum atomic E-state index is -4.79. The maximum absolute atomic E-state index is 12.4. The van der Waals surface area contributed by atoms with E-state index in [0.29, 0.717) is 34.3 Å². The van der Waals surface area contributed by atoms with Crippen molar-refractivity contribution in [2.45, 2.75) is 24.1 Å². The summed E-state index contributed by atoms with van der Waals surface area (Å²) >= 11 is 1.36. The Morgan fingerprint density at radius 1 is 1.06 bits per heavy atom. The molecule has 36 heavy (non-hydrogen) atoms. The Morgan fingerprint density at radius 2 is 1.64 bits per heavy atom. The van der Waals surface area contributed by atoms with Gasteiger partial charge in [-0.15, -0.1) is 0 Å². The normalized spacial score (nSPS) is 11.5. The Kier molecular flexibility index (Phi) is 9.70. The second kappa shape index (κ2) is 12.1. The molecule has 2 N–H and O–H groups in total. The molecule has 13 heteroatoms.